The van der Waals surface area contributed by atoms with Crippen molar-refractivity contribution >= 4 is 34.2 Å². The molecule has 39 heavy (non-hydrogen) atoms. The first-order valence-electron chi connectivity index (χ1n) is 12.1. The van der Waals surface area contributed by atoms with Crippen molar-refractivity contribution < 1.29 is 13.6 Å². The average molecular weight is 546 g/mol. The van der Waals surface area contributed by atoms with E-state index in [9.17, 15) is 14.4 Å². The van der Waals surface area contributed by atoms with Crippen LogP contribution in [0.5, 0.6) is 0 Å². The molecule has 3 N–H and O–H groups in total. The zero-order valence-electron chi connectivity index (χ0n) is 21.3. The minimum absolute atomic E-state index is 0.0176. The van der Waals surface area contributed by atoms with Gasteiger partial charge in [-0.3, -0.25) is 9.59 Å². The zero-order chi connectivity index (χ0) is 27.7. The number of fused-ring (bicyclic) bond motifs is 1. The van der Waals surface area contributed by atoms with Crippen LogP contribution in [0.2, 0.25) is 5.15 Å². The molecule has 0 bridgehead atoms. The van der Waals surface area contributed by atoms with Crippen LogP contribution in [0, 0.1) is 13.8 Å². The maximum Gasteiger partial charge on any atom is 0.434 e. The summed E-state index contributed by atoms with van der Waals surface area (Å²) in [6, 6.07) is 16.0. The topological polar surface area (TPSA) is 143 Å². The number of anilines is 1. The van der Waals surface area contributed by atoms with Crippen LogP contribution in [-0.2, 0) is 6.54 Å². The van der Waals surface area contributed by atoms with Crippen LogP contribution in [0.4, 0.5) is 5.69 Å². The minimum atomic E-state index is -0.723. The van der Waals surface area contributed by atoms with E-state index in [1.54, 1.807) is 19.1 Å². The number of aromatic nitrogens is 3. The number of aromatic amines is 1. The number of rotatable bonds is 7. The number of benzene rings is 2. The van der Waals surface area contributed by atoms with E-state index in [2.05, 4.69) is 25.8 Å². The van der Waals surface area contributed by atoms with Crippen LogP contribution in [-0.4, -0.2) is 21.1 Å². The van der Waals surface area contributed by atoms with Gasteiger partial charge in [-0.2, -0.15) is 0 Å². The molecule has 1 amide bonds. The quantitative estimate of drug-likeness (QED) is 0.245. The highest BCUT2D eigenvalue weighted by Crippen LogP contribution is 2.32. The summed E-state index contributed by atoms with van der Waals surface area (Å²) in [5.41, 5.74) is 3.74. The summed E-state index contributed by atoms with van der Waals surface area (Å²) in [6.45, 7) is 5.43. The fourth-order valence-electron chi connectivity index (χ4n) is 4.37. The van der Waals surface area contributed by atoms with Gasteiger partial charge in [0.05, 0.1) is 23.7 Å². The van der Waals surface area contributed by atoms with Crippen LogP contribution in [0.25, 0.3) is 22.3 Å². The van der Waals surface area contributed by atoms with Crippen molar-refractivity contribution in [2.24, 2.45) is 0 Å². The van der Waals surface area contributed by atoms with Gasteiger partial charge in [-0.15, -0.1) is 5.10 Å². The molecular formula is C28H24ClN5O5. The van der Waals surface area contributed by atoms with Gasteiger partial charge in [-0.25, -0.2) is 14.9 Å². The molecule has 3 heterocycles. The molecular weight excluding hydrogens is 522 g/mol. The predicted octanol–water partition coefficient (Wildman–Crippen LogP) is 4.90. The second-order valence-electron chi connectivity index (χ2n) is 9.07. The number of amides is 1. The fourth-order valence-corrected chi connectivity index (χ4v) is 4.51. The maximum atomic E-state index is 13.4. The molecule has 0 aliphatic carbocycles. The normalized spacial score (nSPS) is 11.9. The van der Waals surface area contributed by atoms with Crippen molar-refractivity contribution in [2.45, 2.75) is 33.4 Å². The Bertz CT molecular complexity index is 1810. The second-order valence-corrected chi connectivity index (χ2v) is 9.46. The number of hydrogen-bond donors (Lipinski definition) is 3. The third-order valence-electron chi connectivity index (χ3n) is 6.23. The molecule has 1 atom stereocenters. The molecule has 0 aliphatic heterocycles. The van der Waals surface area contributed by atoms with E-state index in [4.69, 9.17) is 20.4 Å². The van der Waals surface area contributed by atoms with Crippen molar-refractivity contribution in [1.29, 1.82) is 0 Å². The number of halogens is 1. The lowest BCUT2D eigenvalue weighted by molar-refractivity contribution is 0.0943. The minimum Gasteiger partial charge on any atom is -0.455 e. The Hall–Kier alpha value is -4.70. The smallest absolute Gasteiger partial charge is 0.434 e. The van der Waals surface area contributed by atoms with Gasteiger partial charge in [-0.1, -0.05) is 48.0 Å². The first-order chi connectivity index (χ1) is 18.7. The molecule has 5 rings (SSSR count). The summed E-state index contributed by atoms with van der Waals surface area (Å²) in [6.07, 6.45) is 0. The van der Waals surface area contributed by atoms with E-state index in [0.29, 0.717) is 28.0 Å². The van der Waals surface area contributed by atoms with Gasteiger partial charge in [0.2, 0.25) is 5.89 Å². The first kappa shape index (κ1) is 25.9. The Kier molecular flexibility index (Phi) is 7.03. The summed E-state index contributed by atoms with van der Waals surface area (Å²) in [7, 11) is 0. The number of pyridine rings is 1. The molecule has 11 heteroatoms. The standard InChI is InChI=1S/C28H24ClN5O5/c1-14-11-18(26-19(12-14)24(35)15(2)25(39-26)17-7-5-4-6-8-17)16(3)31-20-9-10-21(29)32-23(20)27(36)30-13-22-33-34-28(37)38-22/h4-12,16,31H,13H2,1-3H3,(H,30,36)(H,34,37)/t16-/m1/s1. The fraction of sp³-hybridized carbons (Fsp3) is 0.179. The second kappa shape index (κ2) is 10.6. The lowest BCUT2D eigenvalue weighted by atomic mass is 9.98. The highest BCUT2D eigenvalue weighted by Gasteiger charge is 2.21. The number of aryl methyl sites for hydroxylation is 1. The Morgan fingerprint density at radius 2 is 1.85 bits per heavy atom. The van der Waals surface area contributed by atoms with Crippen LogP contribution in [0.1, 0.15) is 46.0 Å². The van der Waals surface area contributed by atoms with Crippen LogP contribution in [0.3, 0.4) is 0 Å². The van der Waals surface area contributed by atoms with Crippen LogP contribution >= 0.6 is 11.6 Å². The molecule has 3 aromatic heterocycles. The van der Waals surface area contributed by atoms with Crippen molar-refractivity contribution in [3.63, 3.8) is 0 Å². The Labute approximate surface area is 227 Å². The Balaban J connectivity index is 1.52. The third-order valence-corrected chi connectivity index (χ3v) is 6.44. The van der Waals surface area contributed by atoms with E-state index in [1.807, 2.05) is 56.3 Å². The van der Waals surface area contributed by atoms with Gasteiger partial charge >= 0.3 is 5.76 Å². The number of carbonyl (C=O) groups is 1. The van der Waals surface area contributed by atoms with Gasteiger partial charge in [0.15, 0.2) is 11.1 Å². The number of carbonyl (C=O) groups excluding carboxylic acids is 1. The molecule has 0 unspecified atom stereocenters. The van der Waals surface area contributed by atoms with E-state index in [1.165, 1.54) is 0 Å². The third kappa shape index (κ3) is 5.32. The van der Waals surface area contributed by atoms with Gasteiger partial charge < -0.3 is 19.5 Å². The predicted molar refractivity (Wildman–Crippen MR) is 147 cm³/mol. The molecule has 0 spiro atoms. The van der Waals surface area contributed by atoms with Crippen molar-refractivity contribution in [2.75, 3.05) is 5.32 Å². The molecule has 0 radical (unpaired) electrons. The van der Waals surface area contributed by atoms with Gasteiger partial charge in [0, 0.05) is 16.7 Å². The molecule has 0 saturated carbocycles. The van der Waals surface area contributed by atoms with Crippen LogP contribution in [0.15, 0.2) is 73.0 Å². The summed E-state index contributed by atoms with van der Waals surface area (Å²) in [5, 5.41) is 12.3. The maximum absolute atomic E-state index is 13.4. The summed E-state index contributed by atoms with van der Waals surface area (Å²) in [4.78, 5) is 41.7. The van der Waals surface area contributed by atoms with E-state index in [-0.39, 0.29) is 28.7 Å². The molecule has 10 nitrogen and oxygen atoms in total. The Morgan fingerprint density at radius 3 is 2.56 bits per heavy atom. The zero-order valence-corrected chi connectivity index (χ0v) is 22.1. The number of H-pyrrole nitrogens is 1. The summed E-state index contributed by atoms with van der Waals surface area (Å²) < 4.78 is 11.2. The van der Waals surface area contributed by atoms with Crippen LogP contribution < -0.4 is 21.8 Å². The summed E-state index contributed by atoms with van der Waals surface area (Å²) in [5.74, 6) is -0.757. The number of nitrogens with one attached hydrogen (secondary N) is 3. The van der Waals surface area contributed by atoms with Gasteiger partial charge in [-0.05, 0) is 44.5 Å². The van der Waals surface area contributed by atoms with Gasteiger partial charge in [0.1, 0.15) is 16.5 Å². The van der Waals surface area contributed by atoms with Crippen molar-refractivity contribution in [3.05, 3.63) is 109 Å². The van der Waals surface area contributed by atoms with Crippen molar-refractivity contribution in [1.82, 2.24) is 20.5 Å². The van der Waals surface area contributed by atoms with Crippen molar-refractivity contribution in [3.8, 4) is 11.3 Å². The first-order valence-corrected chi connectivity index (χ1v) is 12.5. The SMILES string of the molecule is Cc1cc([C@@H](C)Nc2ccc(Cl)nc2C(=O)NCc2n[nH]c(=O)o2)c2oc(-c3ccccc3)c(C)c(=O)c2c1. The number of hydrogen-bond acceptors (Lipinski definition) is 8. The monoisotopic (exact) mass is 545 g/mol. The molecule has 0 aliphatic rings. The van der Waals surface area contributed by atoms with E-state index in [0.717, 1.165) is 16.7 Å². The highest BCUT2D eigenvalue weighted by molar-refractivity contribution is 6.29. The van der Waals surface area contributed by atoms with E-state index < -0.39 is 17.7 Å². The highest BCUT2D eigenvalue weighted by atomic mass is 35.5. The average Bonchev–Trinajstić information content (AvgIpc) is 3.35. The lowest BCUT2D eigenvalue weighted by Gasteiger charge is -2.20. The summed E-state index contributed by atoms with van der Waals surface area (Å²) >= 11 is 6.10. The molecule has 2 aromatic carbocycles. The molecule has 0 fully saturated rings. The molecule has 0 saturated heterocycles. The van der Waals surface area contributed by atoms with Gasteiger partial charge in [0.25, 0.3) is 5.91 Å². The van der Waals surface area contributed by atoms with E-state index >= 15 is 0 Å². The molecule has 5 aromatic rings. The Morgan fingerprint density at radius 1 is 1.08 bits per heavy atom. The number of nitrogens with zero attached hydrogens (tertiary/aromatic N) is 2. The molecule has 198 valence electrons. The lowest BCUT2D eigenvalue weighted by Crippen LogP contribution is -2.25. The largest absolute Gasteiger partial charge is 0.455 e.